The van der Waals surface area contributed by atoms with Crippen LogP contribution in [0.2, 0.25) is 0 Å². The van der Waals surface area contributed by atoms with E-state index >= 15 is 0 Å². The number of ether oxygens (including phenoxy) is 1. The Morgan fingerprint density at radius 1 is 1.37 bits per heavy atom. The van der Waals surface area contributed by atoms with Gasteiger partial charge < -0.3 is 9.84 Å². The SMILES string of the molecule is Cc1ccc(F)cc1OCc1sccc1C#CCO. The monoisotopic (exact) mass is 276 g/mol. The summed E-state index contributed by atoms with van der Waals surface area (Å²) in [6, 6.07) is 6.35. The van der Waals surface area contributed by atoms with E-state index in [-0.39, 0.29) is 12.4 Å². The van der Waals surface area contributed by atoms with Gasteiger partial charge in [0.1, 0.15) is 24.8 Å². The molecule has 0 saturated carbocycles. The molecule has 2 aromatic rings. The minimum absolute atomic E-state index is 0.168. The number of benzene rings is 1. The average Bonchev–Trinajstić information content (AvgIpc) is 2.85. The second-order valence-electron chi connectivity index (χ2n) is 3.92. The van der Waals surface area contributed by atoms with Crippen LogP contribution >= 0.6 is 11.3 Å². The third-order valence-electron chi connectivity index (χ3n) is 2.56. The molecule has 0 aliphatic carbocycles. The molecule has 0 bridgehead atoms. The molecule has 4 heteroatoms. The van der Waals surface area contributed by atoms with Crippen molar-refractivity contribution in [2.45, 2.75) is 13.5 Å². The molecule has 0 aliphatic rings. The molecule has 0 atom stereocenters. The predicted molar refractivity (Wildman–Crippen MR) is 73.8 cm³/mol. The summed E-state index contributed by atoms with van der Waals surface area (Å²) in [4.78, 5) is 0.963. The van der Waals surface area contributed by atoms with Crippen molar-refractivity contribution < 1.29 is 14.2 Å². The zero-order valence-electron chi connectivity index (χ0n) is 10.4. The minimum atomic E-state index is -0.313. The van der Waals surface area contributed by atoms with E-state index in [1.807, 2.05) is 18.4 Å². The number of aliphatic hydroxyl groups excluding tert-OH is 1. The Hall–Kier alpha value is -1.83. The molecular weight excluding hydrogens is 263 g/mol. The Kier molecular flexibility index (Phi) is 4.56. The van der Waals surface area contributed by atoms with Crippen molar-refractivity contribution >= 4 is 11.3 Å². The van der Waals surface area contributed by atoms with E-state index in [0.29, 0.717) is 12.4 Å². The molecule has 0 spiro atoms. The van der Waals surface area contributed by atoms with Crippen molar-refractivity contribution in [3.8, 4) is 17.6 Å². The van der Waals surface area contributed by atoms with Gasteiger partial charge in [-0.05, 0) is 30.0 Å². The lowest BCUT2D eigenvalue weighted by molar-refractivity contribution is 0.305. The molecule has 98 valence electrons. The van der Waals surface area contributed by atoms with E-state index in [0.717, 1.165) is 16.0 Å². The van der Waals surface area contributed by atoms with Crippen LogP contribution in [0.3, 0.4) is 0 Å². The highest BCUT2D eigenvalue weighted by molar-refractivity contribution is 7.10. The summed E-state index contributed by atoms with van der Waals surface area (Å²) < 4.78 is 18.8. The number of rotatable bonds is 3. The van der Waals surface area contributed by atoms with Gasteiger partial charge in [-0.3, -0.25) is 0 Å². The van der Waals surface area contributed by atoms with Crippen LogP contribution in [0.15, 0.2) is 29.6 Å². The van der Waals surface area contributed by atoms with E-state index in [1.54, 1.807) is 6.07 Å². The van der Waals surface area contributed by atoms with Gasteiger partial charge >= 0.3 is 0 Å². The van der Waals surface area contributed by atoms with Crippen LogP contribution in [0.25, 0.3) is 0 Å². The summed E-state index contributed by atoms with van der Waals surface area (Å²) in [5.41, 5.74) is 1.73. The Morgan fingerprint density at radius 2 is 2.21 bits per heavy atom. The lowest BCUT2D eigenvalue weighted by Gasteiger charge is -2.08. The molecule has 0 radical (unpaired) electrons. The Labute approximate surface area is 115 Å². The van der Waals surface area contributed by atoms with Gasteiger partial charge in [0, 0.05) is 11.6 Å². The molecule has 2 nitrogen and oxygen atoms in total. The average molecular weight is 276 g/mol. The van der Waals surface area contributed by atoms with Crippen LogP contribution in [0.5, 0.6) is 5.75 Å². The van der Waals surface area contributed by atoms with Crippen LogP contribution in [0.1, 0.15) is 16.0 Å². The maximum absolute atomic E-state index is 13.1. The Bertz CT molecular complexity index is 623. The number of hydrogen-bond acceptors (Lipinski definition) is 3. The molecule has 0 fully saturated rings. The zero-order chi connectivity index (χ0) is 13.7. The summed E-state index contributed by atoms with van der Waals surface area (Å²) >= 11 is 1.53. The number of aryl methyl sites for hydroxylation is 1. The molecule has 1 aromatic heterocycles. The van der Waals surface area contributed by atoms with Crippen LogP contribution in [-0.4, -0.2) is 11.7 Å². The topological polar surface area (TPSA) is 29.5 Å². The van der Waals surface area contributed by atoms with Crippen LogP contribution in [0.4, 0.5) is 4.39 Å². The van der Waals surface area contributed by atoms with Crippen LogP contribution in [-0.2, 0) is 6.61 Å². The summed E-state index contributed by atoms with van der Waals surface area (Å²) in [5, 5.41) is 10.6. The molecule has 1 N–H and O–H groups in total. The maximum Gasteiger partial charge on any atom is 0.126 e. The minimum Gasteiger partial charge on any atom is -0.488 e. The van der Waals surface area contributed by atoms with Gasteiger partial charge in [0.05, 0.1) is 4.88 Å². The lowest BCUT2D eigenvalue weighted by Crippen LogP contribution is -1.97. The normalized spacial score (nSPS) is 9.84. The molecular formula is C15H13FO2S. The Morgan fingerprint density at radius 3 is 3.00 bits per heavy atom. The van der Waals surface area contributed by atoms with Gasteiger partial charge in [0.15, 0.2) is 0 Å². The van der Waals surface area contributed by atoms with Crippen LogP contribution in [0, 0.1) is 24.6 Å². The van der Waals surface area contributed by atoms with Gasteiger partial charge in [-0.15, -0.1) is 11.3 Å². The van der Waals surface area contributed by atoms with Crippen LogP contribution < -0.4 is 4.74 Å². The van der Waals surface area contributed by atoms with Crippen molar-refractivity contribution in [1.29, 1.82) is 0 Å². The first-order valence-corrected chi connectivity index (χ1v) is 6.63. The van der Waals surface area contributed by atoms with Gasteiger partial charge in [-0.1, -0.05) is 17.9 Å². The predicted octanol–water partition coefficient (Wildman–Crippen LogP) is 3.12. The highest BCUT2D eigenvalue weighted by Crippen LogP contribution is 2.22. The molecule has 0 saturated heterocycles. The standard InChI is InChI=1S/C15H13FO2S/c1-11-4-5-13(16)9-14(11)18-10-15-12(3-2-7-17)6-8-19-15/h4-6,8-9,17H,7,10H2,1H3. The molecule has 1 heterocycles. The summed E-state index contributed by atoms with van der Waals surface area (Å²) in [6.45, 7) is 2.05. The number of halogens is 1. The highest BCUT2D eigenvalue weighted by Gasteiger charge is 2.06. The van der Waals surface area contributed by atoms with E-state index in [9.17, 15) is 4.39 Å². The second-order valence-corrected chi connectivity index (χ2v) is 4.92. The van der Waals surface area contributed by atoms with Gasteiger partial charge in [0.25, 0.3) is 0 Å². The third kappa shape index (κ3) is 3.57. The van der Waals surface area contributed by atoms with Crippen molar-refractivity contribution in [3.63, 3.8) is 0 Å². The van der Waals surface area contributed by atoms with E-state index in [2.05, 4.69) is 11.8 Å². The van der Waals surface area contributed by atoms with E-state index < -0.39 is 0 Å². The first-order valence-electron chi connectivity index (χ1n) is 5.75. The molecule has 1 aromatic carbocycles. The van der Waals surface area contributed by atoms with Crippen molar-refractivity contribution in [2.24, 2.45) is 0 Å². The van der Waals surface area contributed by atoms with Gasteiger partial charge in [-0.25, -0.2) is 4.39 Å². The van der Waals surface area contributed by atoms with Crippen molar-refractivity contribution in [2.75, 3.05) is 6.61 Å². The lowest BCUT2D eigenvalue weighted by atomic mass is 10.2. The molecule has 0 aliphatic heterocycles. The van der Waals surface area contributed by atoms with Crippen molar-refractivity contribution in [3.05, 3.63) is 51.5 Å². The fourth-order valence-corrected chi connectivity index (χ4v) is 2.31. The largest absolute Gasteiger partial charge is 0.488 e. The molecule has 19 heavy (non-hydrogen) atoms. The van der Waals surface area contributed by atoms with Gasteiger partial charge in [-0.2, -0.15) is 0 Å². The molecule has 0 amide bonds. The fraction of sp³-hybridized carbons (Fsp3) is 0.200. The number of aliphatic hydroxyl groups is 1. The van der Waals surface area contributed by atoms with E-state index in [1.165, 1.54) is 23.5 Å². The number of thiophene rings is 1. The summed E-state index contributed by atoms with van der Waals surface area (Å²) in [6.07, 6.45) is 0. The Balaban J connectivity index is 2.10. The fourth-order valence-electron chi connectivity index (χ4n) is 1.57. The quantitative estimate of drug-likeness (QED) is 0.873. The smallest absolute Gasteiger partial charge is 0.126 e. The molecule has 0 unspecified atom stereocenters. The van der Waals surface area contributed by atoms with Gasteiger partial charge in [0.2, 0.25) is 0 Å². The summed E-state index contributed by atoms with van der Waals surface area (Å²) in [7, 11) is 0. The molecule has 2 rings (SSSR count). The van der Waals surface area contributed by atoms with E-state index in [4.69, 9.17) is 9.84 Å². The van der Waals surface area contributed by atoms with Crippen molar-refractivity contribution in [1.82, 2.24) is 0 Å². The second kappa shape index (κ2) is 6.37. The summed E-state index contributed by atoms with van der Waals surface area (Å²) in [5.74, 6) is 5.69. The third-order valence-corrected chi connectivity index (χ3v) is 3.45. The number of hydrogen-bond donors (Lipinski definition) is 1. The maximum atomic E-state index is 13.1. The first-order chi connectivity index (χ1) is 9.20. The first kappa shape index (κ1) is 13.6. The zero-order valence-corrected chi connectivity index (χ0v) is 11.3. The highest BCUT2D eigenvalue weighted by atomic mass is 32.1.